The van der Waals surface area contributed by atoms with Crippen LogP contribution in [-0.2, 0) is 19.6 Å². The van der Waals surface area contributed by atoms with Crippen molar-refractivity contribution >= 4 is 33.5 Å². The van der Waals surface area contributed by atoms with Gasteiger partial charge in [-0.15, -0.1) is 0 Å². The number of hydrogen-bond acceptors (Lipinski definition) is 5. The Hall–Kier alpha value is -1.64. The maximum Gasteiger partial charge on any atom is 0.340 e. The number of rotatable bonds is 5. The molecular formula is C10H11ClN2O5S. The van der Waals surface area contributed by atoms with Crippen molar-refractivity contribution in [3.63, 3.8) is 0 Å². The fourth-order valence-corrected chi connectivity index (χ4v) is 2.11. The van der Waals surface area contributed by atoms with E-state index in [2.05, 4.69) is 9.46 Å². The molecule has 0 aromatic heterocycles. The van der Waals surface area contributed by atoms with Crippen molar-refractivity contribution in [2.24, 2.45) is 5.73 Å². The number of esters is 1. The SMILES string of the molecule is CNS(=O)(=O)c1ccc(Cl)c(C(=O)OCC(N)=O)c1. The molecule has 0 spiro atoms. The minimum Gasteiger partial charge on any atom is -0.452 e. The number of benzene rings is 1. The van der Waals surface area contributed by atoms with Crippen molar-refractivity contribution in [2.45, 2.75) is 4.90 Å². The third kappa shape index (κ3) is 3.91. The second-order valence-electron chi connectivity index (χ2n) is 3.39. The molecule has 1 aromatic rings. The largest absolute Gasteiger partial charge is 0.452 e. The minimum atomic E-state index is -3.71. The Morgan fingerprint density at radius 2 is 2.05 bits per heavy atom. The molecular weight excluding hydrogens is 296 g/mol. The second-order valence-corrected chi connectivity index (χ2v) is 5.69. The van der Waals surface area contributed by atoms with Crippen LogP contribution in [0.2, 0.25) is 5.02 Å². The van der Waals surface area contributed by atoms with E-state index in [4.69, 9.17) is 17.3 Å². The summed E-state index contributed by atoms with van der Waals surface area (Å²) in [6.45, 7) is -0.613. The molecule has 0 radical (unpaired) electrons. The fraction of sp³-hybridized carbons (Fsp3) is 0.200. The Kier molecular flexibility index (Phi) is 4.87. The smallest absolute Gasteiger partial charge is 0.340 e. The van der Waals surface area contributed by atoms with E-state index in [1.54, 1.807) is 0 Å². The van der Waals surface area contributed by atoms with Crippen LogP contribution in [0, 0.1) is 0 Å². The molecule has 0 saturated heterocycles. The number of nitrogens with two attached hydrogens (primary N) is 1. The molecule has 0 heterocycles. The average Bonchev–Trinajstić information content (AvgIpc) is 2.36. The van der Waals surface area contributed by atoms with Crippen LogP contribution in [0.25, 0.3) is 0 Å². The predicted molar refractivity (Wildman–Crippen MR) is 67.2 cm³/mol. The molecule has 0 aliphatic heterocycles. The lowest BCUT2D eigenvalue weighted by molar-refractivity contribution is -0.121. The van der Waals surface area contributed by atoms with Gasteiger partial charge >= 0.3 is 5.97 Å². The maximum absolute atomic E-state index is 11.6. The first-order chi connectivity index (χ1) is 8.77. The highest BCUT2D eigenvalue weighted by Gasteiger charge is 2.18. The summed E-state index contributed by atoms with van der Waals surface area (Å²) in [6.07, 6.45) is 0. The van der Waals surface area contributed by atoms with E-state index in [1.807, 2.05) is 0 Å². The van der Waals surface area contributed by atoms with Gasteiger partial charge in [-0.2, -0.15) is 0 Å². The third-order valence-electron chi connectivity index (χ3n) is 2.08. The lowest BCUT2D eigenvalue weighted by Crippen LogP contribution is -2.22. The van der Waals surface area contributed by atoms with Crippen LogP contribution in [0.5, 0.6) is 0 Å². The van der Waals surface area contributed by atoms with Gasteiger partial charge in [-0.1, -0.05) is 11.6 Å². The van der Waals surface area contributed by atoms with Gasteiger partial charge in [0.15, 0.2) is 6.61 Å². The van der Waals surface area contributed by atoms with Crippen molar-refractivity contribution in [1.82, 2.24) is 4.72 Å². The first kappa shape index (κ1) is 15.4. The van der Waals surface area contributed by atoms with Gasteiger partial charge in [0, 0.05) is 0 Å². The molecule has 1 amide bonds. The number of amides is 1. The highest BCUT2D eigenvalue weighted by molar-refractivity contribution is 7.89. The van der Waals surface area contributed by atoms with Gasteiger partial charge in [-0.3, -0.25) is 4.79 Å². The fourth-order valence-electron chi connectivity index (χ4n) is 1.16. The molecule has 0 saturated carbocycles. The number of halogens is 1. The van der Waals surface area contributed by atoms with Crippen LogP contribution in [0.1, 0.15) is 10.4 Å². The number of carbonyl (C=O) groups is 2. The van der Waals surface area contributed by atoms with Gasteiger partial charge in [0.25, 0.3) is 5.91 Å². The Balaban J connectivity index is 3.11. The molecule has 9 heteroatoms. The number of primary amides is 1. The Bertz CT molecular complexity index is 614. The molecule has 3 N–H and O–H groups in total. The summed E-state index contributed by atoms with van der Waals surface area (Å²) in [6, 6.07) is 3.53. The summed E-state index contributed by atoms with van der Waals surface area (Å²) in [4.78, 5) is 22.0. The quantitative estimate of drug-likeness (QED) is 0.736. The topological polar surface area (TPSA) is 116 Å². The summed E-state index contributed by atoms with van der Waals surface area (Å²) in [7, 11) is -2.48. The summed E-state index contributed by atoms with van der Waals surface area (Å²) in [5.41, 5.74) is 4.66. The van der Waals surface area contributed by atoms with Gasteiger partial charge in [0.2, 0.25) is 10.0 Å². The molecule has 19 heavy (non-hydrogen) atoms. The van der Waals surface area contributed by atoms with Gasteiger partial charge < -0.3 is 10.5 Å². The van der Waals surface area contributed by atoms with Crippen LogP contribution < -0.4 is 10.5 Å². The third-order valence-corrected chi connectivity index (χ3v) is 3.82. The zero-order valence-corrected chi connectivity index (χ0v) is 11.4. The van der Waals surface area contributed by atoms with Crippen molar-refractivity contribution in [3.05, 3.63) is 28.8 Å². The van der Waals surface area contributed by atoms with E-state index < -0.39 is 28.5 Å². The molecule has 1 aromatic carbocycles. The van der Waals surface area contributed by atoms with Crippen LogP contribution >= 0.6 is 11.6 Å². The lowest BCUT2D eigenvalue weighted by Gasteiger charge is -2.07. The lowest BCUT2D eigenvalue weighted by atomic mass is 10.2. The first-order valence-corrected chi connectivity index (χ1v) is 6.82. The number of carbonyl (C=O) groups excluding carboxylic acids is 2. The number of nitrogens with one attached hydrogen (secondary N) is 1. The zero-order chi connectivity index (χ0) is 14.6. The standard InChI is InChI=1S/C10H11ClN2O5S/c1-13-19(16,17)6-2-3-8(11)7(4-6)10(15)18-5-9(12)14/h2-4,13H,5H2,1H3,(H2,12,14). The van der Waals surface area contributed by atoms with Crippen LogP contribution in [0.3, 0.4) is 0 Å². The molecule has 0 aliphatic carbocycles. The van der Waals surface area contributed by atoms with Gasteiger partial charge in [-0.05, 0) is 25.2 Å². The highest BCUT2D eigenvalue weighted by Crippen LogP contribution is 2.21. The van der Waals surface area contributed by atoms with Gasteiger partial charge in [0.05, 0.1) is 15.5 Å². The molecule has 0 unspecified atom stereocenters. The number of hydrogen-bond donors (Lipinski definition) is 2. The molecule has 0 aliphatic rings. The van der Waals surface area contributed by atoms with Gasteiger partial charge in [-0.25, -0.2) is 17.9 Å². The normalized spacial score (nSPS) is 11.1. The molecule has 0 bridgehead atoms. The van der Waals surface area contributed by atoms with E-state index in [9.17, 15) is 18.0 Å². The van der Waals surface area contributed by atoms with Crippen LogP contribution in [0.15, 0.2) is 23.1 Å². The van der Waals surface area contributed by atoms with Gasteiger partial charge in [0.1, 0.15) is 0 Å². The first-order valence-electron chi connectivity index (χ1n) is 4.96. The van der Waals surface area contributed by atoms with E-state index in [0.717, 1.165) is 6.07 Å². The van der Waals surface area contributed by atoms with Crippen molar-refractivity contribution < 1.29 is 22.7 Å². The van der Waals surface area contributed by atoms with E-state index >= 15 is 0 Å². The second kappa shape index (κ2) is 6.00. The van der Waals surface area contributed by atoms with Crippen LogP contribution in [-0.4, -0.2) is 33.9 Å². The monoisotopic (exact) mass is 306 g/mol. The molecule has 0 atom stereocenters. The highest BCUT2D eigenvalue weighted by atomic mass is 35.5. The van der Waals surface area contributed by atoms with E-state index in [0.29, 0.717) is 0 Å². The van der Waals surface area contributed by atoms with E-state index in [1.165, 1.54) is 19.2 Å². The molecule has 7 nitrogen and oxygen atoms in total. The molecule has 0 fully saturated rings. The Labute approximate surface area is 114 Å². The van der Waals surface area contributed by atoms with Crippen molar-refractivity contribution in [1.29, 1.82) is 0 Å². The summed E-state index contributed by atoms with van der Waals surface area (Å²) >= 11 is 5.77. The number of ether oxygens (including phenoxy) is 1. The zero-order valence-electron chi connectivity index (χ0n) is 9.84. The Morgan fingerprint density at radius 3 is 2.58 bits per heavy atom. The van der Waals surface area contributed by atoms with Crippen LogP contribution in [0.4, 0.5) is 0 Å². The Morgan fingerprint density at radius 1 is 1.42 bits per heavy atom. The summed E-state index contributed by atoms with van der Waals surface area (Å²) < 4.78 is 29.8. The average molecular weight is 307 g/mol. The molecule has 1 rings (SSSR count). The minimum absolute atomic E-state index is 0.00419. The van der Waals surface area contributed by atoms with E-state index in [-0.39, 0.29) is 15.5 Å². The van der Waals surface area contributed by atoms with Crippen molar-refractivity contribution in [3.8, 4) is 0 Å². The summed E-state index contributed by atoms with van der Waals surface area (Å²) in [5, 5.41) is 0.00419. The summed E-state index contributed by atoms with van der Waals surface area (Å²) in [5.74, 6) is -1.76. The molecule has 104 valence electrons. The predicted octanol–water partition coefficient (Wildman–Crippen LogP) is -0.110. The maximum atomic E-state index is 11.6. The van der Waals surface area contributed by atoms with Crippen molar-refractivity contribution in [2.75, 3.05) is 13.7 Å². The number of sulfonamides is 1.